The number of ketones is 1. The maximum atomic E-state index is 12.0. The second-order valence-corrected chi connectivity index (χ2v) is 4.97. The molecule has 1 fully saturated rings. The van der Waals surface area contributed by atoms with Gasteiger partial charge in [0, 0.05) is 19.0 Å². The van der Waals surface area contributed by atoms with Crippen LogP contribution in [0.4, 0.5) is 0 Å². The molecule has 1 unspecified atom stereocenters. The standard InChI is InChI=1S/C13H24N2O3/c1-4-5-14-13(17)11-9-18-7-6-15(11)8-12(16)10(2)3/h10-11H,4-9H2,1-3H3,(H,14,17). The molecule has 1 aliphatic heterocycles. The number of carbonyl (C=O) groups is 2. The minimum atomic E-state index is -0.326. The SMILES string of the molecule is CCCNC(=O)C1COCCN1CC(=O)C(C)C. The number of Topliss-reactive ketones (excluding diaryl/α,β-unsaturated/α-hetero) is 1. The Balaban J connectivity index is 2.56. The third-order valence-corrected chi connectivity index (χ3v) is 3.09. The second kappa shape index (κ2) is 7.48. The van der Waals surface area contributed by atoms with Crippen LogP contribution in [-0.4, -0.2) is 55.5 Å². The van der Waals surface area contributed by atoms with Crippen molar-refractivity contribution in [3.63, 3.8) is 0 Å². The fourth-order valence-corrected chi connectivity index (χ4v) is 1.82. The fraction of sp³-hybridized carbons (Fsp3) is 0.846. The van der Waals surface area contributed by atoms with Crippen LogP contribution in [-0.2, 0) is 14.3 Å². The molecule has 1 amide bonds. The van der Waals surface area contributed by atoms with Gasteiger partial charge >= 0.3 is 0 Å². The number of carbonyl (C=O) groups excluding carboxylic acids is 2. The molecule has 1 heterocycles. The summed E-state index contributed by atoms with van der Waals surface area (Å²) in [7, 11) is 0. The van der Waals surface area contributed by atoms with Gasteiger partial charge in [0.1, 0.15) is 11.8 Å². The van der Waals surface area contributed by atoms with Crippen molar-refractivity contribution in [2.45, 2.75) is 33.2 Å². The Morgan fingerprint density at radius 2 is 2.17 bits per heavy atom. The lowest BCUT2D eigenvalue weighted by atomic mass is 10.1. The Morgan fingerprint density at radius 3 is 2.78 bits per heavy atom. The van der Waals surface area contributed by atoms with Crippen LogP contribution in [0.2, 0.25) is 0 Å². The van der Waals surface area contributed by atoms with Gasteiger partial charge in [-0.1, -0.05) is 20.8 Å². The van der Waals surface area contributed by atoms with Gasteiger partial charge in [0.25, 0.3) is 0 Å². The molecule has 0 radical (unpaired) electrons. The van der Waals surface area contributed by atoms with Crippen molar-refractivity contribution in [2.24, 2.45) is 5.92 Å². The van der Waals surface area contributed by atoms with Crippen molar-refractivity contribution in [3.05, 3.63) is 0 Å². The number of nitrogens with zero attached hydrogens (tertiary/aromatic N) is 1. The smallest absolute Gasteiger partial charge is 0.239 e. The van der Waals surface area contributed by atoms with Crippen LogP contribution in [0.3, 0.4) is 0 Å². The van der Waals surface area contributed by atoms with Gasteiger partial charge in [0.15, 0.2) is 0 Å². The summed E-state index contributed by atoms with van der Waals surface area (Å²) in [6, 6.07) is -0.326. The summed E-state index contributed by atoms with van der Waals surface area (Å²) in [5.41, 5.74) is 0. The first-order chi connectivity index (χ1) is 8.56. The molecule has 5 nitrogen and oxygen atoms in total. The van der Waals surface area contributed by atoms with Crippen LogP contribution in [0.25, 0.3) is 0 Å². The van der Waals surface area contributed by atoms with Gasteiger partial charge in [0.2, 0.25) is 5.91 Å². The molecule has 0 saturated carbocycles. The maximum Gasteiger partial charge on any atom is 0.239 e. The lowest BCUT2D eigenvalue weighted by Crippen LogP contribution is -2.55. The molecule has 5 heteroatoms. The lowest BCUT2D eigenvalue weighted by molar-refractivity contribution is -0.135. The van der Waals surface area contributed by atoms with Crippen molar-refractivity contribution < 1.29 is 14.3 Å². The number of nitrogens with one attached hydrogen (secondary N) is 1. The average Bonchev–Trinajstić information content (AvgIpc) is 2.36. The number of amides is 1. The number of morpholine rings is 1. The summed E-state index contributed by atoms with van der Waals surface area (Å²) in [5, 5.41) is 2.86. The van der Waals surface area contributed by atoms with Crippen molar-refractivity contribution in [3.8, 4) is 0 Å². The van der Waals surface area contributed by atoms with E-state index in [4.69, 9.17) is 4.74 Å². The molecule has 0 aromatic carbocycles. The summed E-state index contributed by atoms with van der Waals surface area (Å²) in [5.74, 6) is 0.144. The Morgan fingerprint density at radius 1 is 1.44 bits per heavy atom. The largest absolute Gasteiger partial charge is 0.378 e. The van der Waals surface area contributed by atoms with E-state index < -0.39 is 0 Å². The number of ether oxygens (including phenoxy) is 1. The molecule has 1 N–H and O–H groups in total. The van der Waals surface area contributed by atoms with Gasteiger partial charge in [0.05, 0.1) is 19.8 Å². The molecule has 1 rings (SSSR count). The molecule has 0 aliphatic carbocycles. The van der Waals surface area contributed by atoms with Crippen molar-refractivity contribution in [2.75, 3.05) is 32.8 Å². The van der Waals surface area contributed by atoms with Crippen molar-refractivity contribution >= 4 is 11.7 Å². The molecule has 0 spiro atoms. The van der Waals surface area contributed by atoms with Crippen LogP contribution in [0.5, 0.6) is 0 Å². The molecular weight excluding hydrogens is 232 g/mol. The zero-order chi connectivity index (χ0) is 13.5. The molecule has 0 bridgehead atoms. The molecule has 18 heavy (non-hydrogen) atoms. The maximum absolute atomic E-state index is 12.0. The first kappa shape index (κ1) is 15.1. The minimum Gasteiger partial charge on any atom is -0.378 e. The van der Waals surface area contributed by atoms with E-state index in [0.717, 1.165) is 6.42 Å². The summed E-state index contributed by atoms with van der Waals surface area (Å²) in [4.78, 5) is 25.7. The van der Waals surface area contributed by atoms with Crippen LogP contribution >= 0.6 is 0 Å². The van der Waals surface area contributed by atoms with Gasteiger partial charge in [-0.25, -0.2) is 0 Å². The molecule has 0 aromatic heterocycles. The van der Waals surface area contributed by atoms with E-state index in [2.05, 4.69) is 5.32 Å². The van der Waals surface area contributed by atoms with E-state index >= 15 is 0 Å². The van der Waals surface area contributed by atoms with Crippen LogP contribution in [0.1, 0.15) is 27.2 Å². The molecular formula is C13H24N2O3. The van der Waals surface area contributed by atoms with Crippen molar-refractivity contribution in [1.29, 1.82) is 0 Å². The van der Waals surface area contributed by atoms with E-state index in [9.17, 15) is 9.59 Å². The average molecular weight is 256 g/mol. The fourth-order valence-electron chi connectivity index (χ4n) is 1.82. The second-order valence-electron chi connectivity index (χ2n) is 4.97. The van der Waals surface area contributed by atoms with E-state index in [1.165, 1.54) is 0 Å². The van der Waals surface area contributed by atoms with Gasteiger partial charge in [-0.2, -0.15) is 0 Å². The third-order valence-electron chi connectivity index (χ3n) is 3.09. The van der Waals surface area contributed by atoms with Crippen LogP contribution in [0, 0.1) is 5.92 Å². The van der Waals surface area contributed by atoms with Gasteiger partial charge in [-0.05, 0) is 6.42 Å². The Kier molecular flexibility index (Phi) is 6.29. The zero-order valence-electron chi connectivity index (χ0n) is 11.6. The molecule has 1 saturated heterocycles. The van der Waals surface area contributed by atoms with E-state index in [1.54, 1.807) is 0 Å². The van der Waals surface area contributed by atoms with Gasteiger partial charge < -0.3 is 10.1 Å². The topological polar surface area (TPSA) is 58.6 Å². The molecule has 1 atom stereocenters. The molecule has 104 valence electrons. The molecule has 0 aromatic rings. The lowest BCUT2D eigenvalue weighted by Gasteiger charge is -2.34. The summed E-state index contributed by atoms with van der Waals surface area (Å²) in [6.07, 6.45) is 0.907. The van der Waals surface area contributed by atoms with E-state index in [0.29, 0.717) is 32.8 Å². The number of rotatable bonds is 6. The minimum absolute atomic E-state index is 0.00666. The Hall–Kier alpha value is -0.940. The third kappa shape index (κ3) is 4.38. The Labute approximate surface area is 109 Å². The normalized spacial score (nSPS) is 21.0. The predicted molar refractivity (Wildman–Crippen MR) is 69.3 cm³/mol. The highest BCUT2D eigenvalue weighted by molar-refractivity contribution is 5.85. The summed E-state index contributed by atoms with van der Waals surface area (Å²) < 4.78 is 5.34. The highest BCUT2D eigenvalue weighted by Crippen LogP contribution is 2.09. The van der Waals surface area contributed by atoms with Gasteiger partial charge in [-0.3, -0.25) is 14.5 Å². The summed E-state index contributed by atoms with van der Waals surface area (Å²) >= 11 is 0. The van der Waals surface area contributed by atoms with E-state index in [1.807, 2.05) is 25.7 Å². The number of hydrogen-bond donors (Lipinski definition) is 1. The van der Waals surface area contributed by atoms with E-state index in [-0.39, 0.29) is 23.7 Å². The monoisotopic (exact) mass is 256 g/mol. The molecule has 1 aliphatic rings. The van der Waals surface area contributed by atoms with Crippen LogP contribution in [0.15, 0.2) is 0 Å². The highest BCUT2D eigenvalue weighted by atomic mass is 16.5. The number of hydrogen-bond acceptors (Lipinski definition) is 4. The first-order valence-corrected chi connectivity index (χ1v) is 6.68. The van der Waals surface area contributed by atoms with Crippen LogP contribution < -0.4 is 5.32 Å². The summed E-state index contributed by atoms with van der Waals surface area (Å²) in [6.45, 7) is 8.39. The zero-order valence-corrected chi connectivity index (χ0v) is 11.6. The van der Waals surface area contributed by atoms with Gasteiger partial charge in [-0.15, -0.1) is 0 Å². The highest BCUT2D eigenvalue weighted by Gasteiger charge is 2.30. The Bertz CT molecular complexity index is 292. The predicted octanol–water partition coefficient (Wildman–Crippen LogP) is 0.438. The first-order valence-electron chi connectivity index (χ1n) is 6.68. The van der Waals surface area contributed by atoms with Crippen molar-refractivity contribution in [1.82, 2.24) is 10.2 Å². The quantitative estimate of drug-likeness (QED) is 0.749.